The number of benzene rings is 1. The third-order valence-corrected chi connectivity index (χ3v) is 2.17. The molecule has 0 heterocycles. The monoisotopic (exact) mass is 226 g/mol. The molecule has 1 N–H and O–H groups in total. The van der Waals surface area contributed by atoms with E-state index in [-0.39, 0.29) is 5.82 Å². The Morgan fingerprint density at radius 3 is 2.69 bits per heavy atom. The SMILES string of the molecule is CNCc1ccc(OCCN(C)C)c(F)c1. The second-order valence-corrected chi connectivity index (χ2v) is 3.95. The van der Waals surface area contributed by atoms with E-state index in [1.807, 2.05) is 32.1 Å². The summed E-state index contributed by atoms with van der Waals surface area (Å²) in [4.78, 5) is 1.99. The summed E-state index contributed by atoms with van der Waals surface area (Å²) in [6, 6.07) is 5.05. The van der Waals surface area contributed by atoms with Gasteiger partial charge in [-0.05, 0) is 38.8 Å². The first kappa shape index (κ1) is 12.9. The molecule has 0 aliphatic rings. The number of halogens is 1. The summed E-state index contributed by atoms with van der Waals surface area (Å²) >= 11 is 0. The van der Waals surface area contributed by atoms with Gasteiger partial charge in [0.15, 0.2) is 11.6 Å². The second kappa shape index (κ2) is 6.45. The minimum atomic E-state index is -0.300. The van der Waals surface area contributed by atoms with Crippen LogP contribution < -0.4 is 10.1 Å². The van der Waals surface area contributed by atoms with Crippen LogP contribution in [0, 0.1) is 5.82 Å². The van der Waals surface area contributed by atoms with Crippen LogP contribution >= 0.6 is 0 Å². The van der Waals surface area contributed by atoms with Crippen LogP contribution in [0.25, 0.3) is 0 Å². The predicted molar refractivity (Wildman–Crippen MR) is 63.2 cm³/mol. The van der Waals surface area contributed by atoms with Crippen molar-refractivity contribution in [3.8, 4) is 5.75 Å². The molecule has 3 nitrogen and oxygen atoms in total. The van der Waals surface area contributed by atoms with Crippen LogP contribution in [-0.4, -0.2) is 39.2 Å². The van der Waals surface area contributed by atoms with Gasteiger partial charge in [0.05, 0.1) is 0 Å². The van der Waals surface area contributed by atoms with Crippen molar-refractivity contribution >= 4 is 0 Å². The van der Waals surface area contributed by atoms with E-state index in [4.69, 9.17) is 4.74 Å². The summed E-state index contributed by atoms with van der Waals surface area (Å²) in [6.07, 6.45) is 0. The van der Waals surface area contributed by atoms with Gasteiger partial charge in [-0.3, -0.25) is 0 Å². The van der Waals surface area contributed by atoms with Gasteiger partial charge in [-0.1, -0.05) is 6.07 Å². The van der Waals surface area contributed by atoms with Gasteiger partial charge in [0.2, 0.25) is 0 Å². The minimum Gasteiger partial charge on any atom is -0.489 e. The van der Waals surface area contributed by atoms with E-state index < -0.39 is 0 Å². The van der Waals surface area contributed by atoms with Gasteiger partial charge in [0.1, 0.15) is 6.61 Å². The second-order valence-electron chi connectivity index (χ2n) is 3.95. The largest absolute Gasteiger partial charge is 0.489 e. The number of ether oxygens (including phenoxy) is 1. The van der Waals surface area contributed by atoms with E-state index in [0.29, 0.717) is 18.9 Å². The lowest BCUT2D eigenvalue weighted by molar-refractivity contribution is 0.252. The van der Waals surface area contributed by atoms with E-state index in [2.05, 4.69) is 5.32 Å². The zero-order valence-corrected chi connectivity index (χ0v) is 10.1. The van der Waals surface area contributed by atoms with Crippen LogP contribution in [0.2, 0.25) is 0 Å². The zero-order chi connectivity index (χ0) is 12.0. The summed E-state index contributed by atoms with van der Waals surface area (Å²) < 4.78 is 18.9. The molecule has 0 aliphatic heterocycles. The van der Waals surface area contributed by atoms with Crippen LogP contribution in [0.5, 0.6) is 5.75 Å². The van der Waals surface area contributed by atoms with E-state index in [0.717, 1.165) is 12.1 Å². The molecular weight excluding hydrogens is 207 g/mol. The van der Waals surface area contributed by atoms with Gasteiger partial charge in [-0.15, -0.1) is 0 Å². The fraction of sp³-hybridized carbons (Fsp3) is 0.500. The van der Waals surface area contributed by atoms with Crippen LogP contribution in [-0.2, 0) is 6.54 Å². The Morgan fingerprint density at radius 2 is 2.12 bits per heavy atom. The summed E-state index contributed by atoms with van der Waals surface area (Å²) in [5.41, 5.74) is 0.917. The number of rotatable bonds is 6. The maximum Gasteiger partial charge on any atom is 0.165 e. The van der Waals surface area contributed by atoms with Crippen LogP contribution in [0.15, 0.2) is 18.2 Å². The molecule has 90 valence electrons. The lowest BCUT2D eigenvalue weighted by atomic mass is 10.2. The molecule has 0 aliphatic carbocycles. The molecular formula is C12H19FN2O. The Labute approximate surface area is 96.2 Å². The molecule has 0 saturated heterocycles. The van der Waals surface area contributed by atoms with E-state index in [9.17, 15) is 4.39 Å². The van der Waals surface area contributed by atoms with E-state index in [1.165, 1.54) is 6.07 Å². The molecule has 1 aromatic rings. The molecule has 1 rings (SSSR count). The van der Waals surface area contributed by atoms with Crippen LogP contribution in [0.3, 0.4) is 0 Å². The van der Waals surface area contributed by atoms with Gasteiger partial charge in [0.25, 0.3) is 0 Å². The lowest BCUT2D eigenvalue weighted by Gasteiger charge is -2.12. The summed E-state index contributed by atoms with van der Waals surface area (Å²) in [6.45, 7) is 1.93. The normalized spacial score (nSPS) is 10.8. The van der Waals surface area contributed by atoms with Gasteiger partial charge in [0, 0.05) is 13.1 Å². The maximum atomic E-state index is 13.5. The Balaban J connectivity index is 2.54. The average molecular weight is 226 g/mol. The first-order chi connectivity index (χ1) is 7.63. The Bertz CT molecular complexity index is 329. The average Bonchev–Trinajstić information content (AvgIpc) is 2.21. The Kier molecular flexibility index (Phi) is 5.22. The van der Waals surface area contributed by atoms with Crippen molar-refractivity contribution in [1.29, 1.82) is 0 Å². The Hall–Kier alpha value is -1.13. The number of nitrogens with one attached hydrogen (secondary N) is 1. The van der Waals surface area contributed by atoms with Crippen LogP contribution in [0.4, 0.5) is 4.39 Å². The molecule has 0 unspecified atom stereocenters. The lowest BCUT2D eigenvalue weighted by Crippen LogP contribution is -2.19. The highest BCUT2D eigenvalue weighted by Gasteiger charge is 2.04. The number of likely N-dealkylation sites (N-methyl/N-ethyl adjacent to an activating group) is 1. The molecule has 0 saturated carbocycles. The third kappa shape index (κ3) is 4.16. The van der Waals surface area contributed by atoms with Crippen molar-refractivity contribution in [3.63, 3.8) is 0 Å². The molecule has 0 fully saturated rings. The third-order valence-electron chi connectivity index (χ3n) is 2.17. The zero-order valence-electron chi connectivity index (χ0n) is 10.1. The first-order valence-corrected chi connectivity index (χ1v) is 5.34. The van der Waals surface area contributed by atoms with Crippen molar-refractivity contribution in [2.45, 2.75) is 6.54 Å². The van der Waals surface area contributed by atoms with E-state index >= 15 is 0 Å². The molecule has 0 aromatic heterocycles. The highest BCUT2D eigenvalue weighted by atomic mass is 19.1. The summed E-state index contributed by atoms with van der Waals surface area (Å²) in [5.74, 6) is 0.0215. The highest BCUT2D eigenvalue weighted by Crippen LogP contribution is 2.18. The van der Waals surface area contributed by atoms with Crippen LogP contribution in [0.1, 0.15) is 5.56 Å². The summed E-state index contributed by atoms with van der Waals surface area (Å²) in [7, 11) is 5.74. The molecule has 0 atom stereocenters. The molecule has 4 heteroatoms. The predicted octanol–water partition coefficient (Wildman–Crippen LogP) is 1.49. The maximum absolute atomic E-state index is 13.5. The minimum absolute atomic E-state index is 0.300. The molecule has 1 aromatic carbocycles. The molecule has 0 radical (unpaired) electrons. The molecule has 0 spiro atoms. The number of hydrogen-bond donors (Lipinski definition) is 1. The van der Waals surface area contributed by atoms with Crippen molar-refractivity contribution < 1.29 is 9.13 Å². The molecule has 0 amide bonds. The van der Waals surface area contributed by atoms with Gasteiger partial charge in [-0.2, -0.15) is 0 Å². The van der Waals surface area contributed by atoms with Gasteiger partial charge >= 0.3 is 0 Å². The number of hydrogen-bond acceptors (Lipinski definition) is 3. The fourth-order valence-electron chi connectivity index (χ4n) is 1.31. The van der Waals surface area contributed by atoms with Gasteiger partial charge < -0.3 is 15.0 Å². The summed E-state index contributed by atoms with van der Waals surface area (Å²) in [5, 5.41) is 2.97. The topological polar surface area (TPSA) is 24.5 Å². The fourth-order valence-corrected chi connectivity index (χ4v) is 1.31. The Morgan fingerprint density at radius 1 is 1.38 bits per heavy atom. The van der Waals surface area contributed by atoms with Crippen molar-refractivity contribution in [3.05, 3.63) is 29.6 Å². The van der Waals surface area contributed by atoms with Crippen molar-refractivity contribution in [2.75, 3.05) is 34.3 Å². The van der Waals surface area contributed by atoms with Crippen molar-refractivity contribution in [2.24, 2.45) is 0 Å². The smallest absolute Gasteiger partial charge is 0.165 e. The highest BCUT2D eigenvalue weighted by molar-refractivity contribution is 5.29. The quantitative estimate of drug-likeness (QED) is 0.795. The molecule has 0 bridgehead atoms. The number of nitrogens with zero attached hydrogens (tertiary/aromatic N) is 1. The standard InChI is InChI=1S/C12H19FN2O/c1-14-9-10-4-5-12(11(13)8-10)16-7-6-15(2)3/h4-5,8,14H,6-7,9H2,1-3H3. The molecule has 16 heavy (non-hydrogen) atoms. The van der Waals surface area contributed by atoms with E-state index in [1.54, 1.807) is 6.07 Å². The first-order valence-electron chi connectivity index (χ1n) is 5.34. The van der Waals surface area contributed by atoms with Crippen molar-refractivity contribution in [1.82, 2.24) is 10.2 Å². The van der Waals surface area contributed by atoms with Gasteiger partial charge in [-0.25, -0.2) is 4.39 Å².